The number of methoxy groups -OCH3 is 1. The molecule has 0 heterocycles. The van der Waals surface area contributed by atoms with Gasteiger partial charge in [-0.05, 0) is 90.4 Å². The molecule has 0 radical (unpaired) electrons. The van der Waals surface area contributed by atoms with Crippen LogP contribution in [0.4, 0.5) is 11.4 Å². The van der Waals surface area contributed by atoms with Gasteiger partial charge in [-0.2, -0.15) is 0 Å². The monoisotopic (exact) mass is 671 g/mol. The average molecular weight is 672 g/mol. The van der Waals surface area contributed by atoms with Gasteiger partial charge in [0, 0.05) is 21.8 Å². The Labute approximate surface area is 288 Å². The number of carboxylic acids is 1. The number of rotatable bonds is 12. The minimum atomic E-state index is -1.08. The molecule has 1 unspecified atom stereocenters. The van der Waals surface area contributed by atoms with Crippen LogP contribution in [0.15, 0.2) is 138 Å². The van der Waals surface area contributed by atoms with E-state index in [1.54, 1.807) is 105 Å². The molecule has 0 bridgehead atoms. The van der Waals surface area contributed by atoms with Crippen LogP contribution in [0.5, 0.6) is 5.75 Å². The number of aromatic carboxylic acids is 1. The molecule has 0 fully saturated rings. The van der Waals surface area contributed by atoms with E-state index >= 15 is 0 Å². The highest BCUT2D eigenvalue weighted by molar-refractivity contribution is 8.00. The Morgan fingerprint density at radius 2 is 1.41 bits per heavy atom. The van der Waals surface area contributed by atoms with Gasteiger partial charge >= 0.3 is 5.97 Å². The van der Waals surface area contributed by atoms with Crippen molar-refractivity contribution in [3.8, 4) is 5.75 Å². The van der Waals surface area contributed by atoms with E-state index in [4.69, 9.17) is 4.74 Å². The van der Waals surface area contributed by atoms with Crippen molar-refractivity contribution in [2.75, 3.05) is 17.7 Å². The minimum absolute atomic E-state index is 0.0422. The Bertz CT molecular complexity index is 1980. The molecule has 0 saturated heterocycles. The summed E-state index contributed by atoms with van der Waals surface area (Å²) in [7, 11) is 1.56. The Hall–Kier alpha value is -6.13. The molecule has 0 saturated carbocycles. The molecule has 0 aliphatic rings. The summed E-state index contributed by atoms with van der Waals surface area (Å²) in [5.41, 5.74) is 3.59. The Morgan fingerprint density at radius 3 is 2.04 bits per heavy atom. The van der Waals surface area contributed by atoms with Crippen molar-refractivity contribution >= 4 is 52.9 Å². The molecule has 0 aromatic heterocycles. The first-order chi connectivity index (χ1) is 23.7. The average Bonchev–Trinajstić information content (AvgIpc) is 3.12. The molecule has 4 N–H and O–H groups in total. The number of carboxylic acid groups (broad SMARTS) is 1. The number of carbonyl (C=O) groups is 4. The molecule has 0 aliphatic heterocycles. The van der Waals surface area contributed by atoms with Crippen LogP contribution in [0.3, 0.4) is 0 Å². The van der Waals surface area contributed by atoms with Crippen molar-refractivity contribution in [2.24, 2.45) is 0 Å². The number of aryl methyl sites for hydroxylation is 1. The number of thioether (sulfide) groups is 1. The fourth-order valence-electron chi connectivity index (χ4n) is 4.75. The van der Waals surface area contributed by atoms with Gasteiger partial charge in [0.15, 0.2) is 0 Å². The van der Waals surface area contributed by atoms with Gasteiger partial charge < -0.3 is 25.8 Å². The van der Waals surface area contributed by atoms with Crippen LogP contribution in [0.2, 0.25) is 0 Å². The zero-order chi connectivity index (χ0) is 34.8. The molecule has 10 heteroatoms. The second-order valence-corrected chi connectivity index (χ2v) is 12.0. The van der Waals surface area contributed by atoms with Crippen molar-refractivity contribution in [2.45, 2.75) is 17.1 Å². The number of ether oxygens (including phenoxy) is 1. The molecule has 0 spiro atoms. The molecule has 5 aromatic rings. The summed E-state index contributed by atoms with van der Waals surface area (Å²) in [4.78, 5) is 52.4. The minimum Gasteiger partial charge on any atom is -0.497 e. The summed E-state index contributed by atoms with van der Waals surface area (Å²) in [5, 5.41) is 17.2. The molecular weight excluding hydrogens is 639 g/mol. The quantitative estimate of drug-likeness (QED) is 0.0794. The summed E-state index contributed by atoms with van der Waals surface area (Å²) in [6, 6.07) is 36.5. The SMILES string of the molecule is COc1ccc(/C=C(\NC(=O)c2ccccc2)C(=O)Nc2ccc(SC(C(=O)Nc3cc(C(=O)O)ccc3C)c3ccccc3)cc2)cc1. The second-order valence-electron chi connectivity index (χ2n) is 10.9. The molecule has 49 heavy (non-hydrogen) atoms. The lowest BCUT2D eigenvalue weighted by atomic mass is 10.1. The molecule has 3 amide bonds. The number of amides is 3. The largest absolute Gasteiger partial charge is 0.497 e. The Kier molecular flexibility index (Phi) is 11.3. The zero-order valence-corrected chi connectivity index (χ0v) is 27.5. The fraction of sp³-hybridized carbons (Fsp3) is 0.0769. The van der Waals surface area contributed by atoms with Gasteiger partial charge in [-0.3, -0.25) is 14.4 Å². The van der Waals surface area contributed by atoms with Crippen LogP contribution in [-0.4, -0.2) is 35.9 Å². The predicted octanol–water partition coefficient (Wildman–Crippen LogP) is 7.58. The maximum atomic E-state index is 13.6. The maximum Gasteiger partial charge on any atom is 0.335 e. The first-order valence-corrected chi connectivity index (χ1v) is 16.1. The molecule has 5 aromatic carbocycles. The van der Waals surface area contributed by atoms with Gasteiger partial charge in [0.05, 0.1) is 12.7 Å². The third-order valence-electron chi connectivity index (χ3n) is 7.40. The van der Waals surface area contributed by atoms with Crippen LogP contribution in [0, 0.1) is 6.92 Å². The smallest absolute Gasteiger partial charge is 0.335 e. The van der Waals surface area contributed by atoms with E-state index in [-0.39, 0.29) is 17.2 Å². The van der Waals surface area contributed by atoms with Crippen molar-refractivity contribution < 1.29 is 29.0 Å². The molecule has 5 rings (SSSR count). The summed E-state index contributed by atoms with van der Waals surface area (Å²) in [6.07, 6.45) is 1.58. The van der Waals surface area contributed by atoms with Crippen LogP contribution in [0.25, 0.3) is 6.08 Å². The number of hydrogen-bond donors (Lipinski definition) is 4. The number of hydrogen-bond acceptors (Lipinski definition) is 6. The molecule has 0 aliphatic carbocycles. The fourth-order valence-corrected chi connectivity index (χ4v) is 5.77. The molecule has 9 nitrogen and oxygen atoms in total. The molecule has 1 atom stereocenters. The topological polar surface area (TPSA) is 134 Å². The van der Waals surface area contributed by atoms with Gasteiger partial charge in [0.2, 0.25) is 5.91 Å². The van der Waals surface area contributed by atoms with Crippen molar-refractivity contribution in [3.05, 3.63) is 161 Å². The number of anilines is 2. The van der Waals surface area contributed by atoms with Gasteiger partial charge in [0.25, 0.3) is 11.8 Å². The van der Waals surface area contributed by atoms with Crippen LogP contribution in [0.1, 0.15) is 42.7 Å². The van der Waals surface area contributed by atoms with Gasteiger partial charge in [-0.15, -0.1) is 11.8 Å². The first-order valence-electron chi connectivity index (χ1n) is 15.2. The maximum absolute atomic E-state index is 13.6. The third kappa shape index (κ3) is 9.24. The standard InChI is InChI=1S/C39H33N3O6S/c1-25-13-16-29(39(46)47)24-33(25)41-38(45)35(27-9-5-3-6-10-27)49-32-21-17-30(18-22-32)40-37(44)34(23-26-14-19-31(48-2)20-15-26)42-36(43)28-11-7-4-8-12-28/h3-24,35H,1-2H3,(H,40,44)(H,41,45)(H,42,43)(H,46,47)/b34-23-. The van der Waals surface area contributed by atoms with Crippen molar-refractivity contribution in [3.63, 3.8) is 0 Å². The van der Waals surface area contributed by atoms with E-state index in [0.29, 0.717) is 28.3 Å². The molecular formula is C39H33N3O6S. The third-order valence-corrected chi connectivity index (χ3v) is 8.67. The number of carbonyl (C=O) groups excluding carboxylic acids is 3. The van der Waals surface area contributed by atoms with Gasteiger partial charge in [0.1, 0.15) is 16.7 Å². The van der Waals surface area contributed by atoms with Gasteiger partial charge in [-0.25, -0.2) is 4.79 Å². The lowest BCUT2D eigenvalue weighted by molar-refractivity contribution is -0.116. The lowest BCUT2D eigenvalue weighted by Gasteiger charge is -2.18. The summed E-state index contributed by atoms with van der Waals surface area (Å²) < 4.78 is 5.23. The Morgan fingerprint density at radius 1 is 0.755 bits per heavy atom. The highest BCUT2D eigenvalue weighted by Crippen LogP contribution is 2.37. The van der Waals surface area contributed by atoms with Crippen molar-refractivity contribution in [1.82, 2.24) is 5.32 Å². The normalized spacial score (nSPS) is 11.6. The van der Waals surface area contributed by atoms with Crippen LogP contribution in [-0.2, 0) is 9.59 Å². The predicted molar refractivity (Wildman–Crippen MR) is 192 cm³/mol. The zero-order valence-electron chi connectivity index (χ0n) is 26.7. The lowest BCUT2D eigenvalue weighted by Crippen LogP contribution is -2.30. The van der Waals surface area contributed by atoms with E-state index in [0.717, 1.165) is 16.0 Å². The summed E-state index contributed by atoms with van der Waals surface area (Å²) in [5.74, 6) is -1.71. The second kappa shape index (κ2) is 16.1. The van der Waals surface area contributed by atoms with E-state index in [1.807, 2.05) is 30.3 Å². The highest BCUT2D eigenvalue weighted by Gasteiger charge is 2.23. The summed E-state index contributed by atoms with van der Waals surface area (Å²) >= 11 is 1.31. The summed E-state index contributed by atoms with van der Waals surface area (Å²) in [6.45, 7) is 1.80. The van der Waals surface area contributed by atoms with Crippen molar-refractivity contribution in [1.29, 1.82) is 0 Å². The van der Waals surface area contributed by atoms with E-state index in [1.165, 1.54) is 23.9 Å². The Balaban J connectivity index is 1.34. The first kappa shape index (κ1) is 34.2. The van der Waals surface area contributed by atoms with E-state index in [9.17, 15) is 24.3 Å². The number of benzene rings is 5. The van der Waals surface area contributed by atoms with E-state index in [2.05, 4.69) is 16.0 Å². The van der Waals surface area contributed by atoms with Crippen LogP contribution >= 0.6 is 11.8 Å². The number of nitrogens with one attached hydrogen (secondary N) is 3. The van der Waals surface area contributed by atoms with Gasteiger partial charge in [-0.1, -0.05) is 66.7 Å². The van der Waals surface area contributed by atoms with Crippen LogP contribution < -0.4 is 20.7 Å². The van der Waals surface area contributed by atoms with E-state index < -0.39 is 23.0 Å². The molecule has 246 valence electrons. The highest BCUT2D eigenvalue weighted by atomic mass is 32.2.